The zero-order valence-electron chi connectivity index (χ0n) is 20.1. The maximum absolute atomic E-state index is 13.8. The number of hydrogen-bond donors (Lipinski definition) is 2. The lowest BCUT2D eigenvalue weighted by atomic mass is 9.55. The van der Waals surface area contributed by atoms with E-state index in [4.69, 9.17) is 0 Å². The second-order valence-corrected chi connectivity index (χ2v) is 9.11. The highest BCUT2D eigenvalue weighted by Crippen LogP contribution is 2.53. The summed E-state index contributed by atoms with van der Waals surface area (Å²) in [6, 6.07) is 20.3. The van der Waals surface area contributed by atoms with E-state index < -0.39 is 23.5 Å². The van der Waals surface area contributed by atoms with E-state index >= 15 is 0 Å². The van der Waals surface area contributed by atoms with Gasteiger partial charge in [0.1, 0.15) is 5.78 Å². The summed E-state index contributed by atoms with van der Waals surface area (Å²) in [5.74, 6) is -0.836. The molecule has 0 aliphatic carbocycles. The molecule has 0 fully saturated rings. The lowest BCUT2D eigenvalue weighted by Crippen LogP contribution is -2.52. The third-order valence-corrected chi connectivity index (χ3v) is 7.12. The van der Waals surface area contributed by atoms with E-state index in [0.717, 1.165) is 24.0 Å². The minimum Gasteiger partial charge on any atom is -0.393 e. The number of aliphatic hydroxyl groups excluding tert-OH is 2. The van der Waals surface area contributed by atoms with Crippen LogP contribution in [0.2, 0.25) is 0 Å². The van der Waals surface area contributed by atoms with E-state index in [1.165, 1.54) is 6.08 Å². The predicted octanol–water partition coefficient (Wildman–Crippen LogP) is 6.27. The summed E-state index contributed by atoms with van der Waals surface area (Å²) in [6.45, 7) is 11.8. The normalized spacial score (nSPS) is 18.1. The van der Waals surface area contributed by atoms with Crippen LogP contribution in [0.4, 0.5) is 0 Å². The Morgan fingerprint density at radius 2 is 1.53 bits per heavy atom. The van der Waals surface area contributed by atoms with Gasteiger partial charge >= 0.3 is 0 Å². The average Bonchev–Trinajstić information content (AvgIpc) is 2.83. The summed E-state index contributed by atoms with van der Waals surface area (Å²) in [6.07, 6.45) is 2.32. The van der Waals surface area contributed by atoms with E-state index in [1.807, 2.05) is 50.2 Å². The fraction of sp³-hybridized carbons (Fsp3) is 0.483. The molecule has 2 aromatic rings. The van der Waals surface area contributed by atoms with Gasteiger partial charge in [-0.3, -0.25) is 4.79 Å². The second-order valence-electron chi connectivity index (χ2n) is 9.11. The van der Waals surface area contributed by atoms with Crippen LogP contribution in [0, 0.1) is 11.3 Å². The summed E-state index contributed by atoms with van der Waals surface area (Å²) in [4.78, 5) is 13.8. The van der Waals surface area contributed by atoms with E-state index in [1.54, 1.807) is 0 Å². The Morgan fingerprint density at radius 1 is 1.00 bits per heavy atom. The van der Waals surface area contributed by atoms with Crippen molar-refractivity contribution in [3.05, 3.63) is 84.4 Å². The molecule has 0 spiro atoms. The second kappa shape index (κ2) is 12.1. The van der Waals surface area contributed by atoms with Crippen molar-refractivity contribution in [2.75, 3.05) is 0 Å². The van der Waals surface area contributed by atoms with Crippen LogP contribution in [0.3, 0.4) is 0 Å². The van der Waals surface area contributed by atoms with Crippen molar-refractivity contribution in [1.82, 2.24) is 0 Å². The van der Waals surface area contributed by atoms with Gasteiger partial charge in [0.2, 0.25) is 0 Å². The fourth-order valence-electron chi connectivity index (χ4n) is 5.43. The highest BCUT2D eigenvalue weighted by molar-refractivity contribution is 5.86. The maximum Gasteiger partial charge on any atom is 0.139 e. The van der Waals surface area contributed by atoms with Crippen LogP contribution >= 0.6 is 0 Å². The molecule has 0 bridgehead atoms. The molecular formula is C29H40O3. The molecule has 6 atom stereocenters. The summed E-state index contributed by atoms with van der Waals surface area (Å²) in [7, 11) is 0. The molecule has 3 heteroatoms. The average molecular weight is 437 g/mol. The topological polar surface area (TPSA) is 57.5 Å². The Balaban J connectivity index is 2.75. The fourth-order valence-corrected chi connectivity index (χ4v) is 5.43. The lowest BCUT2D eigenvalue weighted by molar-refractivity contribution is -0.142. The number of aliphatic hydroxyl groups is 2. The number of ketones is 1. The summed E-state index contributed by atoms with van der Waals surface area (Å²) in [5.41, 5.74) is 1.18. The Hall–Kier alpha value is -2.23. The molecule has 0 heterocycles. The van der Waals surface area contributed by atoms with Crippen LogP contribution in [-0.4, -0.2) is 28.2 Å². The Bertz CT molecular complexity index is 832. The summed E-state index contributed by atoms with van der Waals surface area (Å²) in [5, 5.41) is 22.4. The van der Waals surface area contributed by atoms with Crippen molar-refractivity contribution in [2.24, 2.45) is 11.3 Å². The van der Waals surface area contributed by atoms with Gasteiger partial charge in [0.15, 0.2) is 0 Å². The summed E-state index contributed by atoms with van der Waals surface area (Å²) < 4.78 is 0. The first-order valence-corrected chi connectivity index (χ1v) is 11.9. The maximum atomic E-state index is 13.8. The first kappa shape index (κ1) is 26.0. The Labute approximate surface area is 194 Å². The third kappa shape index (κ3) is 5.57. The van der Waals surface area contributed by atoms with E-state index in [9.17, 15) is 15.0 Å². The van der Waals surface area contributed by atoms with Crippen molar-refractivity contribution in [1.29, 1.82) is 0 Å². The SMILES string of the molecule is C=CC(O)C(C(O)CCCC)C(C)(C(=O)CC)C(c1ccccc1)C(C)c1ccccc1. The molecule has 0 saturated carbocycles. The number of Topliss-reactive ketones (excluding diaryl/α,β-unsaturated/α-hetero) is 1. The van der Waals surface area contributed by atoms with Gasteiger partial charge in [-0.1, -0.05) is 107 Å². The zero-order chi connectivity index (χ0) is 23.7. The minimum atomic E-state index is -0.994. The quantitative estimate of drug-likeness (QED) is 0.364. The molecule has 2 N–H and O–H groups in total. The van der Waals surface area contributed by atoms with Crippen LogP contribution in [-0.2, 0) is 4.79 Å². The van der Waals surface area contributed by atoms with Crippen molar-refractivity contribution in [2.45, 2.75) is 77.4 Å². The molecule has 0 radical (unpaired) electrons. The van der Waals surface area contributed by atoms with Gasteiger partial charge in [-0.15, -0.1) is 6.58 Å². The standard InChI is InChI=1S/C29H40O3/c1-6-9-20-25(31)28(24(30)7-2)29(5,26(32)8-3)27(23-18-14-11-15-19-23)21(4)22-16-12-10-13-17-22/h7,10-19,21,24-25,27-28,30-31H,2,6,8-9,20H2,1,3-5H3. The van der Waals surface area contributed by atoms with Gasteiger partial charge < -0.3 is 10.2 Å². The molecule has 32 heavy (non-hydrogen) atoms. The van der Waals surface area contributed by atoms with Crippen LogP contribution in [0.15, 0.2) is 73.3 Å². The molecule has 174 valence electrons. The Morgan fingerprint density at radius 3 is 2.00 bits per heavy atom. The van der Waals surface area contributed by atoms with Crippen molar-refractivity contribution >= 4 is 5.78 Å². The van der Waals surface area contributed by atoms with Gasteiger partial charge in [-0.05, 0) is 23.5 Å². The number of hydrogen-bond acceptors (Lipinski definition) is 3. The van der Waals surface area contributed by atoms with Crippen LogP contribution in [0.25, 0.3) is 0 Å². The third-order valence-electron chi connectivity index (χ3n) is 7.12. The van der Waals surface area contributed by atoms with Gasteiger partial charge in [0.25, 0.3) is 0 Å². The van der Waals surface area contributed by atoms with Gasteiger partial charge in [0, 0.05) is 23.7 Å². The monoisotopic (exact) mass is 436 g/mol. The van der Waals surface area contributed by atoms with Gasteiger partial charge in [-0.2, -0.15) is 0 Å². The Kier molecular flexibility index (Phi) is 9.86. The van der Waals surface area contributed by atoms with Crippen molar-refractivity contribution in [3.8, 4) is 0 Å². The van der Waals surface area contributed by atoms with E-state index in [-0.39, 0.29) is 17.6 Å². The minimum absolute atomic E-state index is 0.00279. The zero-order valence-corrected chi connectivity index (χ0v) is 20.1. The number of benzene rings is 2. The molecule has 0 amide bonds. The first-order valence-electron chi connectivity index (χ1n) is 11.9. The largest absolute Gasteiger partial charge is 0.393 e. The number of unbranched alkanes of at least 4 members (excludes halogenated alkanes) is 1. The number of rotatable bonds is 13. The highest BCUT2D eigenvalue weighted by atomic mass is 16.3. The van der Waals surface area contributed by atoms with E-state index in [0.29, 0.717) is 12.8 Å². The summed E-state index contributed by atoms with van der Waals surface area (Å²) >= 11 is 0. The first-order chi connectivity index (χ1) is 15.3. The predicted molar refractivity (Wildman–Crippen MR) is 133 cm³/mol. The van der Waals surface area contributed by atoms with Gasteiger partial charge in [-0.25, -0.2) is 0 Å². The van der Waals surface area contributed by atoms with Crippen LogP contribution in [0.1, 0.15) is 76.3 Å². The van der Waals surface area contributed by atoms with E-state index in [2.05, 4.69) is 44.7 Å². The molecule has 6 unspecified atom stereocenters. The molecule has 0 aromatic heterocycles. The molecule has 2 aromatic carbocycles. The smallest absolute Gasteiger partial charge is 0.139 e. The molecule has 0 aliphatic rings. The van der Waals surface area contributed by atoms with Gasteiger partial charge in [0.05, 0.1) is 12.2 Å². The molecule has 0 aliphatic heterocycles. The van der Waals surface area contributed by atoms with Crippen LogP contribution < -0.4 is 0 Å². The molecule has 2 rings (SSSR count). The molecular weight excluding hydrogens is 396 g/mol. The van der Waals surface area contributed by atoms with Crippen molar-refractivity contribution < 1.29 is 15.0 Å². The lowest BCUT2D eigenvalue weighted by Gasteiger charge is -2.48. The highest BCUT2D eigenvalue weighted by Gasteiger charge is 2.53. The molecule has 0 saturated heterocycles. The van der Waals surface area contributed by atoms with Crippen molar-refractivity contribution in [3.63, 3.8) is 0 Å². The molecule has 3 nitrogen and oxygen atoms in total. The number of carbonyl (C=O) groups excluding carboxylic acids is 1. The van der Waals surface area contributed by atoms with Crippen LogP contribution in [0.5, 0.6) is 0 Å². The number of carbonyl (C=O) groups is 1.